The van der Waals surface area contributed by atoms with E-state index >= 15 is 0 Å². The molecule has 0 radical (unpaired) electrons. The molecule has 206 valence electrons. The van der Waals surface area contributed by atoms with Crippen LogP contribution >= 0.6 is 0 Å². The smallest absolute Gasteiger partial charge is 0.123 e. The first-order valence-corrected chi connectivity index (χ1v) is 13.6. The molecule has 0 spiro atoms. The van der Waals surface area contributed by atoms with Gasteiger partial charge in [0.15, 0.2) is 0 Å². The van der Waals surface area contributed by atoms with Crippen LogP contribution in [-0.2, 0) is 21.7 Å². The number of nitrogens with zero attached hydrogens (tertiary/aromatic N) is 1. The van der Waals surface area contributed by atoms with Crippen molar-refractivity contribution in [3.05, 3.63) is 76.9 Å². The lowest BCUT2D eigenvalue weighted by Gasteiger charge is -2.35. The van der Waals surface area contributed by atoms with Gasteiger partial charge in [-0.25, -0.2) is 0 Å². The van der Waals surface area contributed by atoms with Gasteiger partial charge < -0.3 is 10.2 Å². The highest BCUT2D eigenvalue weighted by atomic mass is 16.3. The molecule has 0 atom stereocenters. The quantitative estimate of drug-likeness (QED) is 0.302. The lowest BCUT2D eigenvalue weighted by Crippen LogP contribution is -2.28. The number of phenolic OH excluding ortho intramolecular Hbond substituents is 2. The number of hydrogen-bond donors (Lipinski definition) is 3. The van der Waals surface area contributed by atoms with Gasteiger partial charge in [-0.15, -0.1) is 0 Å². The van der Waals surface area contributed by atoms with Crippen LogP contribution in [-0.4, -0.2) is 10.2 Å². The van der Waals surface area contributed by atoms with Crippen LogP contribution < -0.4 is 10.4 Å². The van der Waals surface area contributed by atoms with E-state index in [1.54, 1.807) is 0 Å². The third-order valence-electron chi connectivity index (χ3n) is 6.95. The summed E-state index contributed by atoms with van der Waals surface area (Å²) in [5.74, 6) is 0.703. The largest absolute Gasteiger partial charge is 0.507 e. The van der Waals surface area contributed by atoms with E-state index < -0.39 is 0 Å². The first-order valence-electron chi connectivity index (χ1n) is 13.6. The monoisotopic (exact) mass is 516 g/mol. The molecule has 38 heavy (non-hydrogen) atoms. The van der Waals surface area contributed by atoms with Crippen LogP contribution in [0.25, 0.3) is 0 Å². The Balaban J connectivity index is 2.43. The minimum atomic E-state index is -0.263. The molecular formula is C34H48N2O2. The number of hydrogen-bond acceptors (Lipinski definition) is 4. The maximum Gasteiger partial charge on any atom is 0.123 e. The molecule has 0 fully saturated rings. The Morgan fingerprint density at radius 1 is 0.500 bits per heavy atom. The van der Waals surface area contributed by atoms with Crippen molar-refractivity contribution in [2.45, 2.75) is 105 Å². The van der Waals surface area contributed by atoms with Crippen molar-refractivity contribution in [2.75, 3.05) is 10.4 Å². The first kappa shape index (κ1) is 29.4. The summed E-state index contributed by atoms with van der Waals surface area (Å²) in [5.41, 5.74) is 8.95. The van der Waals surface area contributed by atoms with E-state index in [0.29, 0.717) is 11.5 Å². The third kappa shape index (κ3) is 6.28. The molecule has 0 heterocycles. The zero-order valence-corrected chi connectivity index (χ0v) is 25.5. The molecule has 0 aliphatic rings. The Morgan fingerprint density at radius 2 is 0.789 bits per heavy atom. The lowest BCUT2D eigenvalue weighted by atomic mass is 9.78. The number of phenols is 2. The summed E-state index contributed by atoms with van der Waals surface area (Å²) >= 11 is 0. The second-order valence-corrected chi connectivity index (χ2v) is 14.6. The van der Waals surface area contributed by atoms with E-state index in [9.17, 15) is 10.2 Å². The molecule has 4 nitrogen and oxygen atoms in total. The Labute approximate surface area is 230 Å². The predicted octanol–water partition coefficient (Wildman–Crippen LogP) is 9.45. The average molecular weight is 517 g/mol. The van der Waals surface area contributed by atoms with Crippen molar-refractivity contribution >= 4 is 17.1 Å². The molecule has 0 saturated heterocycles. The van der Waals surface area contributed by atoms with Crippen molar-refractivity contribution in [2.24, 2.45) is 0 Å². The fraction of sp³-hybridized carbons (Fsp3) is 0.471. The number of para-hydroxylation sites is 1. The minimum absolute atomic E-state index is 0.263. The first-order chi connectivity index (χ1) is 17.2. The van der Waals surface area contributed by atoms with Crippen molar-refractivity contribution in [1.29, 1.82) is 0 Å². The van der Waals surface area contributed by atoms with Crippen LogP contribution in [0.15, 0.2) is 54.6 Å². The molecule has 0 aromatic heterocycles. The Morgan fingerprint density at radius 3 is 1.05 bits per heavy atom. The molecule has 3 N–H and O–H groups in total. The normalized spacial score (nSPS) is 12.9. The Hall–Kier alpha value is -3.14. The minimum Gasteiger partial charge on any atom is -0.507 e. The van der Waals surface area contributed by atoms with Crippen LogP contribution in [0, 0.1) is 0 Å². The van der Waals surface area contributed by atoms with Crippen molar-refractivity contribution in [1.82, 2.24) is 0 Å². The topological polar surface area (TPSA) is 55.7 Å². The van der Waals surface area contributed by atoms with Gasteiger partial charge in [0.1, 0.15) is 11.5 Å². The highest BCUT2D eigenvalue weighted by Gasteiger charge is 2.31. The predicted molar refractivity (Wildman–Crippen MR) is 163 cm³/mol. The Kier molecular flexibility index (Phi) is 7.64. The Bertz CT molecular complexity index is 1130. The second kappa shape index (κ2) is 9.87. The number of benzene rings is 3. The summed E-state index contributed by atoms with van der Waals surface area (Å²) in [7, 11) is 0. The highest BCUT2D eigenvalue weighted by molar-refractivity contribution is 5.74. The molecule has 4 heteroatoms. The van der Waals surface area contributed by atoms with Gasteiger partial charge in [-0.1, -0.05) is 101 Å². The second-order valence-electron chi connectivity index (χ2n) is 14.6. The zero-order valence-electron chi connectivity index (χ0n) is 25.5. The van der Waals surface area contributed by atoms with Crippen LogP contribution in [0.5, 0.6) is 11.5 Å². The van der Waals surface area contributed by atoms with Crippen LogP contribution in [0.1, 0.15) is 105 Å². The molecule has 0 amide bonds. The average Bonchev–Trinajstić information content (AvgIpc) is 2.75. The molecule has 3 aromatic carbocycles. The number of nitrogens with one attached hydrogen (secondary N) is 1. The van der Waals surface area contributed by atoms with Gasteiger partial charge in [0.05, 0.1) is 17.1 Å². The number of aromatic hydroxyl groups is 2. The van der Waals surface area contributed by atoms with E-state index in [4.69, 9.17) is 0 Å². The summed E-state index contributed by atoms with van der Waals surface area (Å²) in [6, 6.07) is 18.4. The molecule has 0 aliphatic carbocycles. The van der Waals surface area contributed by atoms with Crippen molar-refractivity contribution in [3.8, 4) is 11.5 Å². The molecule has 0 aliphatic heterocycles. The van der Waals surface area contributed by atoms with E-state index in [0.717, 1.165) is 39.3 Å². The number of anilines is 3. The van der Waals surface area contributed by atoms with Crippen molar-refractivity contribution < 1.29 is 10.2 Å². The van der Waals surface area contributed by atoms with Crippen LogP contribution in [0.2, 0.25) is 0 Å². The molecular weight excluding hydrogens is 468 g/mol. The summed E-state index contributed by atoms with van der Waals surface area (Å²) in [4.78, 5) is 0. The lowest BCUT2D eigenvalue weighted by molar-refractivity contribution is 0.423. The molecule has 3 aromatic rings. The van der Waals surface area contributed by atoms with E-state index in [-0.39, 0.29) is 21.7 Å². The number of rotatable bonds is 4. The SMILES string of the molecule is CC(C)(C)c1cc(N(Nc2ccccc2)c2cc(C(C)(C)C)c(O)c(C(C)(C)C)c2)cc(C(C)(C)C)c1O. The van der Waals surface area contributed by atoms with Gasteiger partial charge in [-0.05, 0) is 58.1 Å². The van der Waals surface area contributed by atoms with Crippen LogP contribution in [0.4, 0.5) is 17.1 Å². The third-order valence-corrected chi connectivity index (χ3v) is 6.95. The van der Waals surface area contributed by atoms with Gasteiger partial charge in [0, 0.05) is 22.3 Å². The fourth-order valence-electron chi connectivity index (χ4n) is 4.70. The zero-order chi connectivity index (χ0) is 28.8. The standard InChI is InChI=1S/C34H48N2O2/c1-31(2,3)25-18-23(19-26(29(25)37)32(4,5)6)36(35-22-16-14-13-15-17-22)24-20-27(33(7,8)9)30(38)28(21-24)34(10,11)12/h13-21,35,37-38H,1-12H3. The maximum atomic E-state index is 11.4. The summed E-state index contributed by atoms with van der Waals surface area (Å²) in [6.45, 7) is 25.5. The van der Waals surface area contributed by atoms with Crippen LogP contribution in [0.3, 0.4) is 0 Å². The summed E-state index contributed by atoms with van der Waals surface area (Å²) in [6.07, 6.45) is 0. The van der Waals surface area contributed by atoms with E-state index in [1.165, 1.54) is 0 Å². The summed E-state index contributed by atoms with van der Waals surface area (Å²) < 4.78 is 0. The van der Waals surface area contributed by atoms with Gasteiger partial charge in [-0.3, -0.25) is 10.4 Å². The van der Waals surface area contributed by atoms with E-state index in [1.807, 2.05) is 30.3 Å². The molecule has 0 saturated carbocycles. The molecule has 0 unspecified atom stereocenters. The van der Waals surface area contributed by atoms with E-state index in [2.05, 4.69) is 118 Å². The van der Waals surface area contributed by atoms with Gasteiger partial charge in [0.2, 0.25) is 0 Å². The molecule has 3 rings (SSSR count). The van der Waals surface area contributed by atoms with Crippen molar-refractivity contribution in [3.63, 3.8) is 0 Å². The van der Waals surface area contributed by atoms with Gasteiger partial charge in [-0.2, -0.15) is 0 Å². The fourth-order valence-corrected chi connectivity index (χ4v) is 4.70. The highest BCUT2D eigenvalue weighted by Crippen LogP contribution is 2.46. The van der Waals surface area contributed by atoms with Gasteiger partial charge in [0.25, 0.3) is 0 Å². The van der Waals surface area contributed by atoms with Gasteiger partial charge >= 0.3 is 0 Å². The molecule has 0 bridgehead atoms. The summed E-state index contributed by atoms with van der Waals surface area (Å²) in [5, 5.41) is 24.9. The maximum absolute atomic E-state index is 11.4. The number of hydrazine groups is 1.